The van der Waals surface area contributed by atoms with E-state index in [1.165, 1.54) is 0 Å². The molecule has 0 aliphatic carbocycles. The monoisotopic (exact) mass is 301 g/mol. The predicted molar refractivity (Wildman–Crippen MR) is 87.6 cm³/mol. The highest BCUT2D eigenvalue weighted by molar-refractivity contribution is 6.36. The second-order valence-electron chi connectivity index (χ2n) is 5.05. The van der Waals surface area contributed by atoms with Crippen molar-refractivity contribution in [1.82, 2.24) is 19.6 Å². The third kappa shape index (κ3) is 2.57. The standard InChI is InChI=1S/C16H12BN5O/c17-12-10-20-22-15(19-9-11-3-1-5-18-8-11)7-13(21-16(12)22)14-4-2-6-23-14/h1-8,10,19H,9H2. The molecule has 0 amide bonds. The molecular weight excluding hydrogens is 289 g/mol. The van der Waals surface area contributed by atoms with Crippen molar-refractivity contribution in [2.24, 2.45) is 0 Å². The number of pyridine rings is 1. The summed E-state index contributed by atoms with van der Waals surface area (Å²) in [6, 6.07) is 9.47. The van der Waals surface area contributed by atoms with Crippen molar-refractivity contribution in [3.05, 3.63) is 60.7 Å². The quantitative estimate of drug-likeness (QED) is 0.582. The van der Waals surface area contributed by atoms with Gasteiger partial charge in [-0.2, -0.15) is 9.61 Å². The molecule has 1 N–H and O–H groups in total. The number of aromatic nitrogens is 4. The molecule has 0 aliphatic rings. The van der Waals surface area contributed by atoms with E-state index in [2.05, 4.69) is 20.4 Å². The molecule has 0 saturated heterocycles. The molecule has 0 unspecified atom stereocenters. The molecule has 0 fully saturated rings. The molecule has 4 rings (SSSR count). The van der Waals surface area contributed by atoms with Gasteiger partial charge in [-0.1, -0.05) is 6.07 Å². The Balaban J connectivity index is 1.75. The molecule has 0 bridgehead atoms. The van der Waals surface area contributed by atoms with Gasteiger partial charge in [0.1, 0.15) is 19.4 Å². The van der Waals surface area contributed by atoms with E-state index in [1.807, 2.05) is 36.5 Å². The largest absolute Gasteiger partial charge is 0.463 e. The Bertz CT molecular complexity index is 934. The Morgan fingerprint density at radius 3 is 2.96 bits per heavy atom. The molecule has 23 heavy (non-hydrogen) atoms. The van der Waals surface area contributed by atoms with Crippen molar-refractivity contribution >= 4 is 24.8 Å². The van der Waals surface area contributed by atoms with Crippen LogP contribution in [0.1, 0.15) is 5.56 Å². The van der Waals surface area contributed by atoms with Gasteiger partial charge in [0, 0.05) is 31.2 Å². The van der Waals surface area contributed by atoms with Gasteiger partial charge in [-0.15, -0.1) is 0 Å². The highest BCUT2D eigenvalue weighted by atomic mass is 16.3. The van der Waals surface area contributed by atoms with Crippen LogP contribution in [0.25, 0.3) is 17.1 Å². The van der Waals surface area contributed by atoms with Crippen molar-refractivity contribution in [3.8, 4) is 11.5 Å². The first-order chi connectivity index (χ1) is 11.3. The number of hydrogen-bond acceptors (Lipinski definition) is 5. The van der Waals surface area contributed by atoms with Crippen molar-refractivity contribution in [2.75, 3.05) is 5.32 Å². The van der Waals surface area contributed by atoms with E-state index in [4.69, 9.17) is 12.3 Å². The fourth-order valence-corrected chi connectivity index (χ4v) is 2.35. The smallest absolute Gasteiger partial charge is 0.152 e. The number of hydrogen-bond donors (Lipinski definition) is 1. The summed E-state index contributed by atoms with van der Waals surface area (Å²) in [6.07, 6.45) is 6.76. The maximum absolute atomic E-state index is 5.96. The summed E-state index contributed by atoms with van der Waals surface area (Å²) in [5.74, 6) is 1.46. The SMILES string of the molecule is [B]c1cnn2c(NCc3cccnc3)cc(-c3ccco3)nc12. The zero-order valence-electron chi connectivity index (χ0n) is 12.2. The molecule has 0 aromatic carbocycles. The maximum atomic E-state index is 5.96. The van der Waals surface area contributed by atoms with Crippen LogP contribution in [0.4, 0.5) is 5.82 Å². The molecule has 0 atom stereocenters. The van der Waals surface area contributed by atoms with Crippen LogP contribution in [-0.2, 0) is 6.54 Å². The summed E-state index contributed by atoms with van der Waals surface area (Å²) in [7, 11) is 5.96. The molecule has 0 spiro atoms. The van der Waals surface area contributed by atoms with E-state index in [9.17, 15) is 0 Å². The first-order valence-corrected chi connectivity index (χ1v) is 7.12. The average molecular weight is 301 g/mol. The summed E-state index contributed by atoms with van der Waals surface area (Å²) >= 11 is 0. The Morgan fingerprint density at radius 1 is 1.22 bits per heavy atom. The lowest BCUT2D eigenvalue weighted by Gasteiger charge is -2.10. The van der Waals surface area contributed by atoms with Gasteiger partial charge in [0.15, 0.2) is 11.4 Å². The van der Waals surface area contributed by atoms with E-state index in [-0.39, 0.29) is 0 Å². The second-order valence-corrected chi connectivity index (χ2v) is 5.05. The van der Waals surface area contributed by atoms with Gasteiger partial charge in [-0.25, -0.2) is 4.98 Å². The van der Waals surface area contributed by atoms with Crippen LogP contribution in [0, 0.1) is 0 Å². The molecule has 2 radical (unpaired) electrons. The topological polar surface area (TPSA) is 68.2 Å². The first-order valence-electron chi connectivity index (χ1n) is 7.12. The van der Waals surface area contributed by atoms with Crippen LogP contribution in [0.3, 0.4) is 0 Å². The van der Waals surface area contributed by atoms with E-state index >= 15 is 0 Å². The number of furan rings is 1. The number of nitrogens with one attached hydrogen (secondary N) is 1. The number of rotatable bonds is 4. The van der Waals surface area contributed by atoms with Gasteiger partial charge < -0.3 is 9.73 Å². The Labute approximate surface area is 133 Å². The molecule has 0 aliphatic heterocycles. The molecule has 0 saturated carbocycles. The summed E-state index contributed by atoms with van der Waals surface area (Å²) in [4.78, 5) is 8.63. The normalized spacial score (nSPS) is 11.0. The summed E-state index contributed by atoms with van der Waals surface area (Å²) in [5.41, 5.74) is 2.87. The Kier molecular flexibility index (Phi) is 3.31. The lowest BCUT2D eigenvalue weighted by Crippen LogP contribution is -2.09. The van der Waals surface area contributed by atoms with Crippen LogP contribution in [0.2, 0.25) is 0 Å². The van der Waals surface area contributed by atoms with Crippen molar-refractivity contribution < 1.29 is 4.42 Å². The lowest BCUT2D eigenvalue weighted by molar-refractivity contribution is 0.580. The Hall–Kier alpha value is -3.09. The number of nitrogens with zero attached hydrogens (tertiary/aromatic N) is 4. The summed E-state index contributed by atoms with van der Waals surface area (Å²) < 4.78 is 7.11. The Morgan fingerprint density at radius 2 is 2.17 bits per heavy atom. The molecule has 110 valence electrons. The first kappa shape index (κ1) is 13.6. The predicted octanol–water partition coefficient (Wildman–Crippen LogP) is 1.79. The fraction of sp³-hybridized carbons (Fsp3) is 0.0625. The van der Waals surface area contributed by atoms with Crippen LogP contribution in [0.5, 0.6) is 0 Å². The van der Waals surface area contributed by atoms with Gasteiger partial charge in [-0.05, 0) is 29.2 Å². The molecule has 7 heteroatoms. The van der Waals surface area contributed by atoms with E-state index in [0.29, 0.717) is 29.1 Å². The molecule has 6 nitrogen and oxygen atoms in total. The molecule has 4 heterocycles. The lowest BCUT2D eigenvalue weighted by atomic mass is 10.0. The van der Waals surface area contributed by atoms with Crippen LogP contribution < -0.4 is 10.8 Å². The van der Waals surface area contributed by atoms with Gasteiger partial charge in [0.2, 0.25) is 0 Å². The highest BCUT2D eigenvalue weighted by Crippen LogP contribution is 2.22. The number of fused-ring (bicyclic) bond motifs is 1. The minimum Gasteiger partial charge on any atom is -0.463 e. The van der Waals surface area contributed by atoms with Crippen molar-refractivity contribution in [2.45, 2.75) is 6.54 Å². The second kappa shape index (κ2) is 5.60. The molecule has 4 aromatic rings. The zero-order valence-corrected chi connectivity index (χ0v) is 12.2. The highest BCUT2D eigenvalue weighted by Gasteiger charge is 2.11. The zero-order chi connectivity index (χ0) is 15.6. The van der Waals surface area contributed by atoms with Crippen molar-refractivity contribution in [3.63, 3.8) is 0 Å². The van der Waals surface area contributed by atoms with E-state index in [1.54, 1.807) is 23.2 Å². The molecule has 4 aromatic heterocycles. The fourth-order valence-electron chi connectivity index (χ4n) is 2.35. The maximum Gasteiger partial charge on any atom is 0.152 e. The van der Waals surface area contributed by atoms with Gasteiger partial charge in [0.05, 0.1) is 6.26 Å². The molecular formula is C16H12BN5O. The van der Waals surface area contributed by atoms with E-state index < -0.39 is 0 Å². The summed E-state index contributed by atoms with van der Waals surface area (Å²) in [5, 5.41) is 7.62. The van der Waals surface area contributed by atoms with Gasteiger partial charge >= 0.3 is 0 Å². The van der Waals surface area contributed by atoms with E-state index in [0.717, 1.165) is 11.4 Å². The van der Waals surface area contributed by atoms with Crippen LogP contribution in [0.15, 0.2) is 59.6 Å². The average Bonchev–Trinajstić information content (AvgIpc) is 3.24. The van der Waals surface area contributed by atoms with Gasteiger partial charge in [0.25, 0.3) is 0 Å². The third-order valence-electron chi connectivity index (χ3n) is 3.47. The minimum absolute atomic E-state index is 0.517. The van der Waals surface area contributed by atoms with Crippen LogP contribution >= 0.6 is 0 Å². The van der Waals surface area contributed by atoms with Gasteiger partial charge in [-0.3, -0.25) is 4.98 Å². The van der Waals surface area contributed by atoms with Crippen LogP contribution in [-0.4, -0.2) is 27.4 Å². The number of anilines is 1. The minimum atomic E-state index is 0.517. The summed E-state index contributed by atoms with van der Waals surface area (Å²) in [6.45, 7) is 0.615. The third-order valence-corrected chi connectivity index (χ3v) is 3.47. The van der Waals surface area contributed by atoms with Crippen molar-refractivity contribution in [1.29, 1.82) is 0 Å².